The van der Waals surface area contributed by atoms with Crippen molar-refractivity contribution >= 4 is 27.5 Å². The molecular weight excluding hydrogens is 350 g/mol. The second-order valence-corrected chi connectivity index (χ2v) is 6.52. The number of halogens is 2. The molecule has 1 atom stereocenters. The molecule has 2 nitrogen and oxygen atoms in total. The molecule has 0 amide bonds. The Morgan fingerprint density at radius 2 is 2.10 bits per heavy atom. The molecule has 1 aliphatic rings. The van der Waals surface area contributed by atoms with Gasteiger partial charge < -0.3 is 4.74 Å². The molecule has 1 unspecified atom stereocenters. The fourth-order valence-corrected chi connectivity index (χ4v) is 3.53. The molecule has 0 N–H and O–H groups in total. The number of rotatable bonds is 2. The third-order valence-corrected chi connectivity index (χ3v) is 4.76. The summed E-state index contributed by atoms with van der Waals surface area (Å²) in [5, 5.41) is 10.5. The number of para-hydroxylation sites is 1. The first kappa shape index (κ1) is 14.4. The van der Waals surface area contributed by atoms with E-state index in [2.05, 4.69) is 22.0 Å². The van der Waals surface area contributed by atoms with E-state index in [1.54, 1.807) is 0 Å². The van der Waals surface area contributed by atoms with Crippen molar-refractivity contribution in [2.75, 3.05) is 6.61 Å². The van der Waals surface area contributed by atoms with Gasteiger partial charge in [0.25, 0.3) is 0 Å². The standard InChI is InChI=1S/C17H13BrClNO/c18-13-6-5-12(15(19)9-13)10-17(11-20)7-8-21-16-4-2-1-3-14(16)17/h1-6,9H,7-8,10H2. The minimum atomic E-state index is -0.577. The van der Waals surface area contributed by atoms with Crippen molar-refractivity contribution in [1.82, 2.24) is 0 Å². The average molecular weight is 363 g/mol. The lowest BCUT2D eigenvalue weighted by Crippen LogP contribution is -2.33. The normalized spacial score (nSPS) is 20.2. The Kier molecular flexibility index (Phi) is 3.93. The number of ether oxygens (including phenoxy) is 1. The minimum Gasteiger partial charge on any atom is -0.493 e. The van der Waals surface area contributed by atoms with Crippen LogP contribution in [0.3, 0.4) is 0 Å². The van der Waals surface area contributed by atoms with Gasteiger partial charge in [-0.05, 0) is 30.2 Å². The summed E-state index contributed by atoms with van der Waals surface area (Å²) in [5.41, 5.74) is 1.36. The zero-order chi connectivity index (χ0) is 14.9. The summed E-state index contributed by atoms with van der Waals surface area (Å²) in [5.74, 6) is 0.804. The van der Waals surface area contributed by atoms with E-state index in [9.17, 15) is 5.26 Å². The van der Waals surface area contributed by atoms with Crippen LogP contribution in [-0.2, 0) is 11.8 Å². The van der Waals surface area contributed by atoms with Gasteiger partial charge in [0.2, 0.25) is 0 Å². The summed E-state index contributed by atoms with van der Waals surface area (Å²) >= 11 is 9.73. The van der Waals surface area contributed by atoms with Crippen molar-refractivity contribution in [2.45, 2.75) is 18.3 Å². The van der Waals surface area contributed by atoms with Crippen molar-refractivity contribution in [3.05, 3.63) is 63.1 Å². The summed E-state index contributed by atoms with van der Waals surface area (Å²) in [6.07, 6.45) is 1.27. The number of fused-ring (bicyclic) bond motifs is 1. The van der Waals surface area contributed by atoms with Gasteiger partial charge in [0.1, 0.15) is 5.75 Å². The topological polar surface area (TPSA) is 33.0 Å². The Hall–Kier alpha value is -1.50. The van der Waals surface area contributed by atoms with E-state index in [4.69, 9.17) is 16.3 Å². The van der Waals surface area contributed by atoms with Crippen LogP contribution in [0.5, 0.6) is 5.75 Å². The Labute approximate surface area is 137 Å². The zero-order valence-electron chi connectivity index (χ0n) is 11.3. The predicted octanol–water partition coefficient (Wildman–Crippen LogP) is 4.89. The first-order valence-corrected chi connectivity index (χ1v) is 7.89. The monoisotopic (exact) mass is 361 g/mol. The first-order valence-electron chi connectivity index (χ1n) is 6.72. The SMILES string of the molecule is N#CC1(Cc2ccc(Br)cc2Cl)CCOc2ccccc21. The molecule has 0 aliphatic carbocycles. The number of nitrogens with zero attached hydrogens (tertiary/aromatic N) is 1. The summed E-state index contributed by atoms with van der Waals surface area (Å²) in [6.45, 7) is 0.554. The van der Waals surface area contributed by atoms with E-state index in [1.165, 1.54) is 0 Å². The number of nitriles is 1. The second-order valence-electron chi connectivity index (χ2n) is 5.20. The second kappa shape index (κ2) is 5.71. The molecule has 21 heavy (non-hydrogen) atoms. The third kappa shape index (κ3) is 2.66. The fraction of sp³-hybridized carbons (Fsp3) is 0.235. The van der Waals surface area contributed by atoms with Gasteiger partial charge in [0.15, 0.2) is 0 Å². The molecule has 0 saturated carbocycles. The van der Waals surface area contributed by atoms with Gasteiger partial charge in [-0.2, -0.15) is 5.26 Å². The molecule has 106 valence electrons. The number of benzene rings is 2. The largest absolute Gasteiger partial charge is 0.493 e. The molecule has 3 rings (SSSR count). The predicted molar refractivity (Wildman–Crippen MR) is 86.7 cm³/mol. The number of hydrogen-bond acceptors (Lipinski definition) is 2. The van der Waals surface area contributed by atoms with E-state index < -0.39 is 5.41 Å². The van der Waals surface area contributed by atoms with Crippen LogP contribution >= 0.6 is 27.5 Å². The van der Waals surface area contributed by atoms with Crippen LogP contribution in [0.15, 0.2) is 46.9 Å². The molecule has 1 heterocycles. The van der Waals surface area contributed by atoms with Crippen LogP contribution in [-0.4, -0.2) is 6.61 Å². The van der Waals surface area contributed by atoms with Gasteiger partial charge in [-0.3, -0.25) is 0 Å². The smallest absolute Gasteiger partial charge is 0.124 e. The summed E-state index contributed by atoms with van der Waals surface area (Å²) < 4.78 is 6.62. The highest BCUT2D eigenvalue weighted by Gasteiger charge is 2.38. The lowest BCUT2D eigenvalue weighted by atomic mass is 9.73. The molecule has 0 saturated heterocycles. The van der Waals surface area contributed by atoms with E-state index in [1.807, 2.05) is 42.5 Å². The van der Waals surface area contributed by atoms with Crippen LogP contribution < -0.4 is 4.74 Å². The first-order chi connectivity index (χ1) is 10.1. The van der Waals surface area contributed by atoms with Crippen LogP contribution in [0.2, 0.25) is 5.02 Å². The van der Waals surface area contributed by atoms with Crippen LogP contribution in [0.4, 0.5) is 0 Å². The van der Waals surface area contributed by atoms with Crippen molar-refractivity contribution in [2.24, 2.45) is 0 Å². The molecule has 0 bridgehead atoms. The van der Waals surface area contributed by atoms with E-state index in [-0.39, 0.29) is 0 Å². The highest BCUT2D eigenvalue weighted by molar-refractivity contribution is 9.10. The van der Waals surface area contributed by atoms with Crippen molar-refractivity contribution < 1.29 is 4.74 Å². The van der Waals surface area contributed by atoms with Gasteiger partial charge in [0, 0.05) is 21.5 Å². The lowest BCUT2D eigenvalue weighted by molar-refractivity contribution is 0.241. The van der Waals surface area contributed by atoms with Gasteiger partial charge in [-0.1, -0.05) is 51.8 Å². The Bertz CT molecular complexity index is 725. The molecule has 0 fully saturated rings. The van der Waals surface area contributed by atoms with Gasteiger partial charge in [-0.15, -0.1) is 0 Å². The van der Waals surface area contributed by atoms with Crippen molar-refractivity contribution in [3.8, 4) is 11.8 Å². The molecule has 1 aliphatic heterocycles. The third-order valence-electron chi connectivity index (χ3n) is 3.91. The van der Waals surface area contributed by atoms with Gasteiger partial charge >= 0.3 is 0 Å². The molecule has 0 radical (unpaired) electrons. The highest BCUT2D eigenvalue weighted by atomic mass is 79.9. The van der Waals surface area contributed by atoms with Crippen molar-refractivity contribution in [1.29, 1.82) is 5.26 Å². The summed E-state index contributed by atoms with van der Waals surface area (Å²) in [4.78, 5) is 0. The molecule has 4 heteroatoms. The maximum absolute atomic E-state index is 9.84. The molecule has 2 aromatic carbocycles. The fourth-order valence-electron chi connectivity index (χ4n) is 2.79. The Morgan fingerprint density at radius 3 is 2.86 bits per heavy atom. The minimum absolute atomic E-state index is 0.554. The van der Waals surface area contributed by atoms with E-state index >= 15 is 0 Å². The maximum Gasteiger partial charge on any atom is 0.124 e. The molecular formula is C17H13BrClNO. The average Bonchev–Trinajstić information content (AvgIpc) is 2.50. The van der Waals surface area contributed by atoms with Crippen LogP contribution in [0, 0.1) is 11.3 Å². The summed E-state index contributed by atoms with van der Waals surface area (Å²) in [7, 11) is 0. The van der Waals surface area contributed by atoms with Crippen LogP contribution in [0.1, 0.15) is 17.5 Å². The van der Waals surface area contributed by atoms with Crippen molar-refractivity contribution in [3.63, 3.8) is 0 Å². The Morgan fingerprint density at radius 1 is 1.29 bits per heavy atom. The van der Waals surface area contributed by atoms with E-state index in [0.717, 1.165) is 21.3 Å². The van der Waals surface area contributed by atoms with Crippen LogP contribution in [0.25, 0.3) is 0 Å². The Balaban J connectivity index is 2.05. The quantitative estimate of drug-likeness (QED) is 0.762. The molecule has 2 aromatic rings. The van der Waals surface area contributed by atoms with Gasteiger partial charge in [-0.25, -0.2) is 0 Å². The molecule has 0 spiro atoms. The summed E-state index contributed by atoms with van der Waals surface area (Å²) in [6, 6.07) is 16.1. The number of hydrogen-bond donors (Lipinski definition) is 0. The lowest BCUT2D eigenvalue weighted by Gasteiger charge is -2.33. The van der Waals surface area contributed by atoms with E-state index in [0.29, 0.717) is 24.5 Å². The highest BCUT2D eigenvalue weighted by Crippen LogP contribution is 2.41. The zero-order valence-corrected chi connectivity index (χ0v) is 13.6. The maximum atomic E-state index is 9.84. The molecule has 0 aromatic heterocycles. The van der Waals surface area contributed by atoms with Gasteiger partial charge in [0.05, 0.1) is 18.1 Å².